The van der Waals surface area contributed by atoms with E-state index >= 15 is 0 Å². The van der Waals surface area contributed by atoms with Gasteiger partial charge < -0.3 is 5.32 Å². The molecule has 0 fully saturated rings. The molecule has 1 aliphatic rings. The molecule has 0 aliphatic carbocycles. The minimum Gasteiger partial charge on any atom is -0.303 e. The first-order chi connectivity index (χ1) is 9.24. The third-order valence-corrected chi connectivity index (χ3v) is 4.70. The van der Waals surface area contributed by atoms with Crippen LogP contribution in [0.25, 0.3) is 0 Å². The molecule has 2 aromatic rings. The molecule has 98 valence electrons. The van der Waals surface area contributed by atoms with Crippen LogP contribution in [-0.2, 0) is 0 Å². The Hall–Kier alpha value is -1.32. The maximum Gasteiger partial charge on any atom is 0.123 e. The second-order valence-electron chi connectivity index (χ2n) is 4.84. The summed E-state index contributed by atoms with van der Waals surface area (Å²) in [6.45, 7) is 2.12. The van der Waals surface area contributed by atoms with Crippen molar-refractivity contribution in [1.82, 2.24) is 5.32 Å². The molecular weight excluding hydrogens is 257 g/mol. The van der Waals surface area contributed by atoms with E-state index in [0.29, 0.717) is 6.04 Å². The molecule has 2 atom stereocenters. The topological polar surface area (TPSA) is 12.0 Å². The van der Waals surface area contributed by atoms with Crippen LogP contribution >= 0.6 is 11.8 Å². The second-order valence-corrected chi connectivity index (χ2v) is 5.90. The van der Waals surface area contributed by atoms with E-state index in [9.17, 15) is 4.39 Å². The SMILES string of the molecule is C[C@H](NC1CSc2ccccc21)c1ccc(F)cc1. The molecule has 0 saturated heterocycles. The molecule has 0 saturated carbocycles. The van der Waals surface area contributed by atoms with Crippen molar-refractivity contribution in [3.8, 4) is 0 Å². The van der Waals surface area contributed by atoms with Crippen LogP contribution in [0.4, 0.5) is 4.39 Å². The van der Waals surface area contributed by atoms with Gasteiger partial charge >= 0.3 is 0 Å². The molecule has 1 nitrogen and oxygen atoms in total. The van der Waals surface area contributed by atoms with Crippen molar-refractivity contribution in [3.63, 3.8) is 0 Å². The first kappa shape index (κ1) is 12.7. The lowest BCUT2D eigenvalue weighted by Crippen LogP contribution is -2.24. The number of rotatable bonds is 3. The summed E-state index contributed by atoms with van der Waals surface area (Å²) in [5.74, 6) is 0.878. The minimum atomic E-state index is -0.183. The average molecular weight is 273 g/mol. The number of nitrogens with one attached hydrogen (secondary N) is 1. The molecule has 1 unspecified atom stereocenters. The van der Waals surface area contributed by atoms with E-state index in [1.165, 1.54) is 22.6 Å². The molecule has 0 radical (unpaired) electrons. The van der Waals surface area contributed by atoms with E-state index < -0.39 is 0 Å². The van der Waals surface area contributed by atoms with E-state index in [4.69, 9.17) is 0 Å². The fourth-order valence-corrected chi connectivity index (χ4v) is 3.62. The molecule has 19 heavy (non-hydrogen) atoms. The van der Waals surface area contributed by atoms with E-state index in [1.54, 1.807) is 0 Å². The van der Waals surface area contributed by atoms with Gasteiger partial charge in [-0.1, -0.05) is 30.3 Å². The van der Waals surface area contributed by atoms with Crippen molar-refractivity contribution in [1.29, 1.82) is 0 Å². The van der Waals surface area contributed by atoms with Gasteiger partial charge in [-0.25, -0.2) is 4.39 Å². The molecule has 0 amide bonds. The Balaban J connectivity index is 1.74. The highest BCUT2D eigenvalue weighted by Gasteiger charge is 2.23. The number of fused-ring (bicyclic) bond motifs is 1. The summed E-state index contributed by atoms with van der Waals surface area (Å²) in [4.78, 5) is 1.37. The van der Waals surface area contributed by atoms with Crippen LogP contribution in [0.3, 0.4) is 0 Å². The van der Waals surface area contributed by atoms with Gasteiger partial charge in [-0.3, -0.25) is 0 Å². The lowest BCUT2D eigenvalue weighted by Gasteiger charge is -2.20. The zero-order valence-electron chi connectivity index (χ0n) is 10.8. The zero-order valence-corrected chi connectivity index (χ0v) is 11.6. The molecule has 1 heterocycles. The molecule has 2 aromatic carbocycles. The first-order valence-electron chi connectivity index (χ1n) is 6.47. The van der Waals surface area contributed by atoms with Crippen LogP contribution in [0.2, 0.25) is 0 Å². The van der Waals surface area contributed by atoms with Gasteiger partial charge in [-0.05, 0) is 36.2 Å². The van der Waals surface area contributed by atoms with Crippen molar-refractivity contribution in [3.05, 3.63) is 65.5 Å². The lowest BCUT2D eigenvalue weighted by molar-refractivity contribution is 0.500. The predicted molar refractivity (Wildman–Crippen MR) is 77.9 cm³/mol. The van der Waals surface area contributed by atoms with Crippen LogP contribution in [0.1, 0.15) is 30.1 Å². The first-order valence-corrected chi connectivity index (χ1v) is 7.46. The smallest absolute Gasteiger partial charge is 0.123 e. The quantitative estimate of drug-likeness (QED) is 0.893. The highest BCUT2D eigenvalue weighted by molar-refractivity contribution is 7.99. The molecule has 3 heteroatoms. The lowest BCUT2D eigenvalue weighted by atomic mass is 10.0. The third-order valence-electron chi connectivity index (χ3n) is 3.52. The summed E-state index contributed by atoms with van der Waals surface area (Å²) in [7, 11) is 0. The molecule has 1 aliphatic heterocycles. The number of thioether (sulfide) groups is 1. The zero-order chi connectivity index (χ0) is 13.2. The van der Waals surface area contributed by atoms with Gasteiger partial charge in [0, 0.05) is 22.7 Å². The van der Waals surface area contributed by atoms with Crippen LogP contribution in [-0.4, -0.2) is 5.75 Å². The highest BCUT2D eigenvalue weighted by Crippen LogP contribution is 2.38. The van der Waals surface area contributed by atoms with E-state index in [2.05, 4.69) is 36.5 Å². The van der Waals surface area contributed by atoms with E-state index in [0.717, 1.165) is 11.3 Å². The van der Waals surface area contributed by atoms with Crippen LogP contribution in [0.15, 0.2) is 53.4 Å². The summed E-state index contributed by atoms with van der Waals surface area (Å²) < 4.78 is 12.9. The van der Waals surface area contributed by atoms with E-state index in [-0.39, 0.29) is 11.9 Å². The second kappa shape index (κ2) is 5.35. The predicted octanol–water partition coefficient (Wildman–Crippen LogP) is 4.32. The molecule has 0 spiro atoms. The average Bonchev–Trinajstić information content (AvgIpc) is 2.83. The summed E-state index contributed by atoms with van der Waals surface area (Å²) in [6.07, 6.45) is 0. The fraction of sp³-hybridized carbons (Fsp3) is 0.250. The molecule has 1 N–H and O–H groups in total. The van der Waals surface area contributed by atoms with Gasteiger partial charge in [0.15, 0.2) is 0 Å². The van der Waals surface area contributed by atoms with Crippen molar-refractivity contribution in [2.24, 2.45) is 0 Å². The standard InChI is InChI=1S/C16H16FNS/c1-11(12-6-8-13(17)9-7-12)18-15-10-19-16-5-3-2-4-14(15)16/h2-9,11,15,18H,10H2,1H3/t11-,15?/m0/s1. The Kier molecular flexibility index (Phi) is 3.58. The summed E-state index contributed by atoms with van der Waals surface area (Å²) in [5.41, 5.74) is 2.50. The summed E-state index contributed by atoms with van der Waals surface area (Å²) in [5, 5.41) is 3.63. The minimum absolute atomic E-state index is 0.183. The Morgan fingerprint density at radius 1 is 1.16 bits per heavy atom. The van der Waals surface area contributed by atoms with Gasteiger partial charge in [0.2, 0.25) is 0 Å². The Labute approximate surface area is 117 Å². The van der Waals surface area contributed by atoms with Gasteiger partial charge in [0.25, 0.3) is 0 Å². The maximum atomic E-state index is 12.9. The van der Waals surface area contributed by atoms with Gasteiger partial charge in [-0.2, -0.15) is 0 Å². The van der Waals surface area contributed by atoms with E-state index in [1.807, 2.05) is 23.9 Å². The number of benzene rings is 2. The fourth-order valence-electron chi connectivity index (χ4n) is 2.45. The van der Waals surface area contributed by atoms with Gasteiger partial charge in [0.1, 0.15) is 5.82 Å². The third kappa shape index (κ3) is 2.67. The van der Waals surface area contributed by atoms with Crippen LogP contribution < -0.4 is 5.32 Å². The Morgan fingerprint density at radius 2 is 1.89 bits per heavy atom. The van der Waals surface area contributed by atoms with Gasteiger partial charge in [-0.15, -0.1) is 11.8 Å². The van der Waals surface area contributed by atoms with Gasteiger partial charge in [0.05, 0.1) is 0 Å². The number of hydrogen-bond acceptors (Lipinski definition) is 2. The summed E-state index contributed by atoms with van der Waals surface area (Å²) >= 11 is 1.89. The highest BCUT2D eigenvalue weighted by atomic mass is 32.2. The Morgan fingerprint density at radius 3 is 2.68 bits per heavy atom. The van der Waals surface area contributed by atoms with Crippen molar-refractivity contribution in [2.45, 2.75) is 23.9 Å². The molecular formula is C16H16FNS. The molecule has 3 rings (SSSR count). The number of hydrogen-bond donors (Lipinski definition) is 1. The van der Waals surface area contributed by atoms with Crippen molar-refractivity contribution < 1.29 is 4.39 Å². The monoisotopic (exact) mass is 273 g/mol. The summed E-state index contributed by atoms with van der Waals surface area (Å²) in [6, 6.07) is 15.9. The molecule has 0 bridgehead atoms. The van der Waals surface area contributed by atoms with Crippen LogP contribution in [0, 0.1) is 5.82 Å². The maximum absolute atomic E-state index is 12.9. The van der Waals surface area contributed by atoms with Crippen molar-refractivity contribution in [2.75, 3.05) is 5.75 Å². The normalized spacial score (nSPS) is 19.2. The molecule has 0 aromatic heterocycles. The largest absolute Gasteiger partial charge is 0.303 e. The van der Waals surface area contributed by atoms with Crippen LogP contribution in [0.5, 0.6) is 0 Å². The number of halogens is 1. The Bertz CT molecular complexity index is 567. The van der Waals surface area contributed by atoms with Crippen molar-refractivity contribution >= 4 is 11.8 Å².